The van der Waals surface area contributed by atoms with Crippen molar-refractivity contribution >= 4 is 21.9 Å². The highest BCUT2D eigenvalue weighted by atomic mass is 32.2. The monoisotopic (exact) mass is 264 g/mol. The molecule has 1 heterocycles. The van der Waals surface area contributed by atoms with Gasteiger partial charge in [-0.05, 0) is 13.3 Å². The quantitative estimate of drug-likeness (QED) is 0.677. The second kappa shape index (κ2) is 5.01. The van der Waals surface area contributed by atoms with Crippen molar-refractivity contribution in [2.24, 2.45) is 0 Å². The molecule has 0 spiro atoms. The van der Waals surface area contributed by atoms with E-state index in [1.165, 1.54) is 0 Å². The first-order valence-electron chi connectivity index (χ1n) is 5.33. The molecule has 1 aliphatic rings. The zero-order valence-corrected chi connectivity index (χ0v) is 10.5. The molecule has 1 saturated heterocycles. The number of carboxylic acids is 1. The molecule has 1 aliphatic heterocycles. The Morgan fingerprint density at radius 1 is 1.65 bits per heavy atom. The van der Waals surface area contributed by atoms with E-state index in [9.17, 15) is 18.0 Å². The average Bonchev–Trinajstić information content (AvgIpc) is 2.27. The molecule has 0 bridgehead atoms. The highest BCUT2D eigenvalue weighted by molar-refractivity contribution is 7.90. The summed E-state index contributed by atoms with van der Waals surface area (Å²) in [5.74, 6) is -1.79. The van der Waals surface area contributed by atoms with Gasteiger partial charge in [0.15, 0.2) is 5.25 Å². The summed E-state index contributed by atoms with van der Waals surface area (Å²) in [4.78, 5) is 22.3. The molecule has 17 heavy (non-hydrogen) atoms. The van der Waals surface area contributed by atoms with Crippen molar-refractivity contribution in [3.63, 3.8) is 0 Å². The number of carbonyl (C=O) groups is 2. The highest BCUT2D eigenvalue weighted by Gasteiger charge is 2.41. The number of piperazine rings is 1. The smallest absolute Gasteiger partial charge is 0.323 e. The van der Waals surface area contributed by atoms with Crippen LogP contribution in [0.1, 0.15) is 20.3 Å². The van der Waals surface area contributed by atoms with Crippen molar-refractivity contribution in [1.82, 2.24) is 9.62 Å². The number of carboxylic acid groups (broad SMARTS) is 1. The molecule has 1 rings (SSSR count). The molecule has 2 N–H and O–H groups in total. The zero-order chi connectivity index (χ0) is 13.2. The molecule has 1 fully saturated rings. The van der Waals surface area contributed by atoms with Gasteiger partial charge in [-0.1, -0.05) is 6.92 Å². The van der Waals surface area contributed by atoms with E-state index in [4.69, 9.17) is 5.11 Å². The van der Waals surface area contributed by atoms with Gasteiger partial charge in [0.2, 0.25) is 15.9 Å². The lowest BCUT2D eigenvalue weighted by Gasteiger charge is -2.34. The normalized spacial score (nSPS) is 24.1. The van der Waals surface area contributed by atoms with Crippen molar-refractivity contribution in [1.29, 1.82) is 0 Å². The Kier molecular flexibility index (Phi) is 4.10. The van der Waals surface area contributed by atoms with Crippen LogP contribution in [-0.2, 0) is 19.6 Å². The maximum Gasteiger partial charge on any atom is 0.323 e. The summed E-state index contributed by atoms with van der Waals surface area (Å²) >= 11 is 0. The lowest BCUT2D eigenvalue weighted by molar-refractivity contribution is -0.136. The predicted octanol–water partition coefficient (Wildman–Crippen LogP) is -1.00. The van der Waals surface area contributed by atoms with Crippen molar-refractivity contribution < 1.29 is 23.1 Å². The van der Waals surface area contributed by atoms with Gasteiger partial charge in [-0.25, -0.2) is 8.42 Å². The van der Waals surface area contributed by atoms with E-state index in [1.54, 1.807) is 6.92 Å². The number of hydrogen-bond acceptors (Lipinski definition) is 4. The number of carbonyl (C=O) groups excluding carboxylic acids is 1. The van der Waals surface area contributed by atoms with E-state index < -0.39 is 27.3 Å². The van der Waals surface area contributed by atoms with E-state index in [0.717, 1.165) is 11.2 Å². The van der Waals surface area contributed by atoms with E-state index in [1.807, 2.05) is 0 Å². The fraction of sp³-hybridized carbons (Fsp3) is 0.778. The van der Waals surface area contributed by atoms with Gasteiger partial charge in [-0.15, -0.1) is 0 Å². The Morgan fingerprint density at radius 3 is 2.71 bits per heavy atom. The van der Waals surface area contributed by atoms with Crippen LogP contribution in [0, 0.1) is 0 Å². The van der Waals surface area contributed by atoms with E-state index in [0.29, 0.717) is 6.42 Å². The molecule has 98 valence electrons. The van der Waals surface area contributed by atoms with Crippen LogP contribution in [0.3, 0.4) is 0 Å². The van der Waals surface area contributed by atoms with Crippen LogP contribution in [0.4, 0.5) is 0 Å². The molecule has 1 amide bonds. The molecule has 0 radical (unpaired) electrons. The maximum absolute atomic E-state index is 12.0. The topological polar surface area (TPSA) is 104 Å². The molecule has 0 aromatic heterocycles. The first kappa shape index (κ1) is 13.9. The number of nitrogens with one attached hydrogen (secondary N) is 1. The molecule has 8 heteroatoms. The first-order chi connectivity index (χ1) is 7.82. The third-order valence-electron chi connectivity index (χ3n) is 2.79. The minimum atomic E-state index is -3.98. The Labute approximate surface area is 99.8 Å². The highest BCUT2D eigenvalue weighted by Crippen LogP contribution is 2.17. The Bertz CT molecular complexity index is 419. The number of aliphatic carboxylic acids is 1. The average molecular weight is 264 g/mol. The van der Waals surface area contributed by atoms with Gasteiger partial charge in [0.25, 0.3) is 0 Å². The van der Waals surface area contributed by atoms with Crippen LogP contribution in [-0.4, -0.2) is 54.1 Å². The number of rotatable bonds is 4. The summed E-state index contributed by atoms with van der Waals surface area (Å²) < 4.78 is 25.0. The summed E-state index contributed by atoms with van der Waals surface area (Å²) in [6, 6.07) is -0.810. The van der Waals surface area contributed by atoms with Crippen molar-refractivity contribution in [2.45, 2.75) is 31.6 Å². The van der Waals surface area contributed by atoms with Gasteiger partial charge in [-0.3, -0.25) is 9.59 Å². The minimum absolute atomic E-state index is 0.115. The SMILES string of the molecule is CCC1C(=O)NCCN1S(=O)(=O)C(C)C(=O)O. The molecular formula is C9H16N2O5S. The van der Waals surface area contributed by atoms with Gasteiger partial charge in [0, 0.05) is 13.1 Å². The van der Waals surface area contributed by atoms with Crippen LogP contribution in [0.25, 0.3) is 0 Å². The number of hydrogen-bond donors (Lipinski definition) is 2. The van der Waals surface area contributed by atoms with Gasteiger partial charge >= 0.3 is 5.97 Å². The molecule has 0 aromatic rings. The molecule has 7 nitrogen and oxygen atoms in total. The summed E-state index contributed by atoms with van der Waals surface area (Å²) in [7, 11) is -3.98. The fourth-order valence-electron chi connectivity index (χ4n) is 1.72. The van der Waals surface area contributed by atoms with E-state index >= 15 is 0 Å². The maximum atomic E-state index is 12.0. The molecule has 2 unspecified atom stereocenters. The lowest BCUT2D eigenvalue weighted by Crippen LogP contribution is -2.59. The summed E-state index contributed by atoms with van der Waals surface area (Å²) in [5, 5.41) is 9.79. The largest absolute Gasteiger partial charge is 0.480 e. The predicted molar refractivity (Wildman–Crippen MR) is 59.8 cm³/mol. The fourth-order valence-corrected chi connectivity index (χ4v) is 3.32. The van der Waals surface area contributed by atoms with Gasteiger partial charge in [0.1, 0.15) is 6.04 Å². The van der Waals surface area contributed by atoms with Crippen molar-refractivity contribution in [2.75, 3.05) is 13.1 Å². The van der Waals surface area contributed by atoms with Crippen molar-refractivity contribution in [3.05, 3.63) is 0 Å². The Balaban J connectivity index is 3.04. The number of sulfonamides is 1. The second-order valence-corrected chi connectivity index (χ2v) is 6.06. The standard InChI is InChI=1S/C9H16N2O5S/c1-3-7-8(12)10-4-5-11(7)17(15,16)6(2)9(13)14/h6-7H,3-5H2,1-2H3,(H,10,12)(H,13,14). The summed E-state index contributed by atoms with van der Waals surface area (Å²) in [6.07, 6.45) is 0.317. The third kappa shape index (κ3) is 2.58. The van der Waals surface area contributed by atoms with Crippen molar-refractivity contribution in [3.8, 4) is 0 Å². The van der Waals surface area contributed by atoms with Crippen LogP contribution >= 0.6 is 0 Å². The first-order valence-corrected chi connectivity index (χ1v) is 6.83. The molecular weight excluding hydrogens is 248 g/mol. The second-order valence-electron chi connectivity index (χ2n) is 3.85. The number of amides is 1. The van der Waals surface area contributed by atoms with E-state index in [2.05, 4.69) is 5.32 Å². The minimum Gasteiger partial charge on any atom is -0.480 e. The van der Waals surface area contributed by atoms with Crippen LogP contribution in [0.2, 0.25) is 0 Å². The lowest BCUT2D eigenvalue weighted by atomic mass is 10.2. The van der Waals surface area contributed by atoms with Gasteiger partial charge in [0.05, 0.1) is 0 Å². The molecule has 0 saturated carbocycles. The molecule has 2 atom stereocenters. The summed E-state index contributed by atoms with van der Waals surface area (Å²) in [6.45, 7) is 3.12. The van der Waals surface area contributed by atoms with Crippen LogP contribution < -0.4 is 5.32 Å². The Morgan fingerprint density at radius 2 is 2.24 bits per heavy atom. The van der Waals surface area contributed by atoms with Crippen LogP contribution in [0.5, 0.6) is 0 Å². The molecule has 0 aliphatic carbocycles. The molecule has 0 aromatic carbocycles. The zero-order valence-electron chi connectivity index (χ0n) is 9.71. The van der Waals surface area contributed by atoms with Gasteiger partial charge < -0.3 is 10.4 Å². The van der Waals surface area contributed by atoms with Gasteiger partial charge in [-0.2, -0.15) is 4.31 Å². The van der Waals surface area contributed by atoms with Crippen LogP contribution in [0.15, 0.2) is 0 Å². The summed E-state index contributed by atoms with van der Waals surface area (Å²) in [5.41, 5.74) is 0. The van der Waals surface area contributed by atoms with E-state index in [-0.39, 0.29) is 19.0 Å². The third-order valence-corrected chi connectivity index (χ3v) is 4.98. The Hall–Kier alpha value is -1.15. The number of nitrogens with zero attached hydrogens (tertiary/aromatic N) is 1.